The van der Waals surface area contributed by atoms with Crippen molar-refractivity contribution in [1.29, 1.82) is 0 Å². The first-order valence-corrected chi connectivity index (χ1v) is 24.6. The Hall–Kier alpha value is -2.01. The van der Waals surface area contributed by atoms with Crippen molar-refractivity contribution in [3.63, 3.8) is 0 Å². The third-order valence-electron chi connectivity index (χ3n) is 10.7. The van der Waals surface area contributed by atoms with Crippen LogP contribution in [0.1, 0.15) is 156 Å². The highest BCUT2D eigenvalue weighted by Gasteiger charge is 2.33. The predicted octanol–water partition coefficient (Wildman–Crippen LogP) is 15.7. The van der Waals surface area contributed by atoms with E-state index in [1.165, 1.54) is 74.5 Å². The molecule has 1 N–H and O–H groups in total. The highest BCUT2D eigenvalue weighted by molar-refractivity contribution is 7.70. The van der Waals surface area contributed by atoms with Crippen LogP contribution in [0.3, 0.4) is 0 Å². The molecule has 0 aliphatic rings. The van der Waals surface area contributed by atoms with E-state index in [9.17, 15) is 0 Å². The summed E-state index contributed by atoms with van der Waals surface area (Å²) < 4.78 is 42.5. The summed E-state index contributed by atoms with van der Waals surface area (Å²) in [7, 11) is -2.24. The highest BCUT2D eigenvalue weighted by atomic mass is 31.3. The molecule has 0 aromatic heterocycles. The number of hydrogen-bond acceptors (Lipinski definition) is 7. The van der Waals surface area contributed by atoms with Crippen molar-refractivity contribution < 1.29 is 27.1 Å². The van der Waals surface area contributed by atoms with Gasteiger partial charge in [-0.15, -0.1) is 9.37 Å². The maximum absolute atomic E-state index is 6.70. The number of benzene rings is 3. The van der Waals surface area contributed by atoms with Crippen molar-refractivity contribution in [3.8, 4) is 17.2 Å². The van der Waals surface area contributed by atoms with E-state index < -0.39 is 24.7 Å². The van der Waals surface area contributed by atoms with Crippen molar-refractivity contribution in [2.45, 2.75) is 156 Å². The van der Waals surface area contributed by atoms with Gasteiger partial charge in [0.1, 0.15) is 17.2 Å². The molecule has 0 radical (unpaired) electrons. The third-order valence-corrected chi connectivity index (χ3v) is 16.2. The molecule has 0 bridgehead atoms. The second-order valence-corrected chi connectivity index (χ2v) is 21.8. The number of nitrogens with one attached hydrogen (secondary N) is 1. The van der Waals surface area contributed by atoms with Crippen LogP contribution >= 0.6 is 24.7 Å². The van der Waals surface area contributed by atoms with E-state index in [2.05, 4.69) is 104 Å². The smallest absolute Gasteiger partial charge is 0.377 e. The molecule has 0 spiro atoms. The van der Waals surface area contributed by atoms with E-state index in [-0.39, 0.29) is 16.2 Å². The fraction of sp³-hybridized carbons (Fsp3) is 0.600. The van der Waals surface area contributed by atoms with Gasteiger partial charge in [0, 0.05) is 21.3 Å². The molecular weight excluding hydrogens is 757 g/mol. The summed E-state index contributed by atoms with van der Waals surface area (Å²) in [6, 6.07) is 24.8. The lowest BCUT2D eigenvalue weighted by molar-refractivity contribution is 0.358. The van der Waals surface area contributed by atoms with E-state index in [0.29, 0.717) is 17.2 Å². The number of unbranched alkanes of at least 4 members (excludes halogenated alkanes) is 6. The SMILES string of the molecule is CCCCCC(C)(C)c1ccc(OP(N=P(NP(OC)Oc2ccc(C(C)(C)CCCCC)cc2)(OC)Oc2ccc(C(C)(C)CCCCC)cc2)OC)cc1. The molecule has 0 saturated heterocycles. The zero-order chi connectivity index (χ0) is 41.2. The number of rotatable bonds is 27. The van der Waals surface area contributed by atoms with Crippen LogP contribution in [-0.4, -0.2) is 21.3 Å². The Morgan fingerprint density at radius 3 is 1.23 bits per heavy atom. The topological polar surface area (TPSA) is 79.8 Å². The van der Waals surface area contributed by atoms with E-state index in [4.69, 9.17) is 31.7 Å². The van der Waals surface area contributed by atoms with Gasteiger partial charge in [-0.3, -0.25) is 0 Å². The van der Waals surface area contributed by atoms with Gasteiger partial charge < -0.3 is 27.1 Å². The number of hydrogen-bond donors (Lipinski definition) is 1. The standard InChI is InChI=1S/C45H73N2O6P3/c1-13-16-19-34-43(4,5)37-22-28-40(29-23-37)51-54(48-10)46-56(50-12,53-42-32-26-39(27-33-42)45(8,9)36-21-18-15-3)47-55(49-11)52-41-30-24-38(25-31-41)44(6,7)35-20-17-14-2/h22-33,46H,13-21,34-36H2,1-12H3. The first-order chi connectivity index (χ1) is 26.7. The molecule has 3 atom stereocenters. The first-order valence-electron chi connectivity index (χ1n) is 20.7. The molecule has 8 nitrogen and oxygen atoms in total. The van der Waals surface area contributed by atoms with Crippen LogP contribution in [0.4, 0.5) is 0 Å². The van der Waals surface area contributed by atoms with Crippen LogP contribution in [0.25, 0.3) is 0 Å². The van der Waals surface area contributed by atoms with Gasteiger partial charge in [0.2, 0.25) is 0 Å². The van der Waals surface area contributed by atoms with Crippen LogP contribution in [0, 0.1) is 0 Å². The van der Waals surface area contributed by atoms with Crippen molar-refractivity contribution in [1.82, 2.24) is 4.86 Å². The molecule has 3 aromatic carbocycles. The second-order valence-electron chi connectivity index (χ2n) is 16.6. The Morgan fingerprint density at radius 1 is 0.518 bits per heavy atom. The molecule has 0 heterocycles. The van der Waals surface area contributed by atoms with Gasteiger partial charge in [0.25, 0.3) is 0 Å². The van der Waals surface area contributed by atoms with Gasteiger partial charge in [0.15, 0.2) is 0 Å². The summed E-state index contributed by atoms with van der Waals surface area (Å²) in [6.07, 6.45) is 14.3. The quantitative estimate of drug-likeness (QED) is 0.0605. The fourth-order valence-electron chi connectivity index (χ4n) is 6.68. The second kappa shape index (κ2) is 23.5. The Labute approximate surface area is 343 Å². The number of nitrogens with zero attached hydrogens (tertiary/aromatic N) is 1. The van der Waals surface area contributed by atoms with Gasteiger partial charge in [-0.25, -0.2) is 0 Å². The van der Waals surface area contributed by atoms with E-state index in [0.717, 1.165) is 19.3 Å². The lowest BCUT2D eigenvalue weighted by atomic mass is 9.80. The van der Waals surface area contributed by atoms with Crippen molar-refractivity contribution in [2.24, 2.45) is 4.52 Å². The zero-order valence-electron chi connectivity index (χ0n) is 36.7. The molecular formula is C45H73N2O6P3. The normalized spacial score (nSPS) is 14.5. The average molecular weight is 831 g/mol. The van der Waals surface area contributed by atoms with Gasteiger partial charge >= 0.3 is 24.7 Å². The van der Waals surface area contributed by atoms with Crippen molar-refractivity contribution >= 4 is 24.7 Å². The van der Waals surface area contributed by atoms with Crippen LogP contribution in [0.15, 0.2) is 77.3 Å². The summed E-state index contributed by atoms with van der Waals surface area (Å²) in [5.41, 5.74) is 4.00. The summed E-state index contributed by atoms with van der Waals surface area (Å²) in [4.78, 5) is 3.40. The molecule has 314 valence electrons. The Balaban J connectivity index is 1.93. The molecule has 0 aliphatic carbocycles. The lowest BCUT2D eigenvalue weighted by Crippen LogP contribution is -2.17. The predicted molar refractivity (Wildman–Crippen MR) is 240 cm³/mol. The van der Waals surface area contributed by atoms with Crippen LogP contribution in [-0.2, 0) is 29.8 Å². The molecule has 3 unspecified atom stereocenters. The summed E-state index contributed by atoms with van der Waals surface area (Å²) in [6.45, 7) is 20.5. The zero-order valence-corrected chi connectivity index (χ0v) is 39.3. The van der Waals surface area contributed by atoms with E-state index >= 15 is 0 Å². The molecule has 0 fully saturated rings. The molecule has 3 aromatic rings. The van der Waals surface area contributed by atoms with E-state index in [1.807, 2.05) is 36.4 Å². The molecule has 11 heteroatoms. The molecule has 0 amide bonds. The van der Waals surface area contributed by atoms with E-state index in [1.54, 1.807) is 21.3 Å². The van der Waals surface area contributed by atoms with Crippen molar-refractivity contribution in [3.05, 3.63) is 89.5 Å². The average Bonchev–Trinajstić information content (AvgIpc) is 3.18. The minimum atomic E-state index is -3.37. The third kappa shape index (κ3) is 15.3. The molecule has 3 rings (SSSR count). The van der Waals surface area contributed by atoms with Crippen LogP contribution in [0.2, 0.25) is 0 Å². The maximum Gasteiger partial charge on any atom is 0.377 e. The molecule has 0 saturated carbocycles. The van der Waals surface area contributed by atoms with Crippen LogP contribution in [0.5, 0.6) is 17.2 Å². The van der Waals surface area contributed by atoms with Crippen molar-refractivity contribution in [2.75, 3.05) is 21.3 Å². The van der Waals surface area contributed by atoms with Gasteiger partial charge in [-0.2, -0.15) is 0 Å². The Bertz CT molecular complexity index is 1600. The van der Waals surface area contributed by atoms with Gasteiger partial charge in [0.05, 0.1) is 0 Å². The maximum atomic E-state index is 6.70. The molecule has 0 aliphatic heterocycles. The molecule has 56 heavy (non-hydrogen) atoms. The highest BCUT2D eigenvalue weighted by Crippen LogP contribution is 2.61. The largest absolute Gasteiger partial charge is 0.436 e. The minimum Gasteiger partial charge on any atom is -0.436 e. The Morgan fingerprint density at radius 2 is 0.893 bits per heavy atom. The van der Waals surface area contributed by atoms with Gasteiger partial charge in [-0.1, -0.05) is 156 Å². The first kappa shape index (κ1) is 48.4. The minimum absolute atomic E-state index is 0.0424. The monoisotopic (exact) mass is 830 g/mol. The summed E-state index contributed by atoms with van der Waals surface area (Å²) >= 11 is 0. The van der Waals surface area contributed by atoms with Crippen LogP contribution < -0.4 is 18.4 Å². The lowest BCUT2D eigenvalue weighted by Gasteiger charge is -2.29. The summed E-state index contributed by atoms with van der Waals surface area (Å²) in [5, 5.41) is 0. The van der Waals surface area contributed by atoms with Gasteiger partial charge in [-0.05, 0) is 88.6 Å². The fourth-order valence-corrected chi connectivity index (χ4v) is 11.9. The summed E-state index contributed by atoms with van der Waals surface area (Å²) in [5.74, 6) is 1.93. The Kier molecular flexibility index (Phi) is 20.3.